The minimum absolute atomic E-state index is 0.398. The van der Waals surface area contributed by atoms with E-state index in [4.69, 9.17) is 0 Å². The molecule has 0 spiro atoms. The van der Waals surface area contributed by atoms with Crippen LogP contribution in [0.15, 0.2) is 0 Å². The fraction of sp³-hybridized carbons (Fsp3) is 1.00. The van der Waals surface area contributed by atoms with E-state index < -0.39 is 0 Å². The van der Waals surface area contributed by atoms with Gasteiger partial charge in [-0.3, -0.25) is 4.90 Å². The predicted octanol–water partition coefficient (Wildman–Crippen LogP) is 2.27. The van der Waals surface area contributed by atoms with Crippen LogP contribution >= 0.6 is 0 Å². The Labute approximate surface area is 69.8 Å². The Bertz CT molecular complexity index is 166. The van der Waals surface area contributed by atoms with E-state index in [0.717, 1.165) is 18.0 Å². The second kappa shape index (κ2) is 2.01. The van der Waals surface area contributed by atoms with Gasteiger partial charge in [0.25, 0.3) is 0 Å². The normalized spacial score (nSPS) is 44.2. The molecule has 3 atom stereocenters. The molecule has 0 aromatic carbocycles. The van der Waals surface area contributed by atoms with E-state index in [1.165, 1.54) is 12.8 Å². The third-order valence-corrected chi connectivity index (χ3v) is 3.14. The van der Waals surface area contributed by atoms with E-state index in [1.54, 1.807) is 0 Å². The Morgan fingerprint density at radius 2 is 1.82 bits per heavy atom. The highest BCUT2D eigenvalue weighted by Gasteiger charge is 2.53. The molecule has 0 aromatic rings. The maximum Gasteiger partial charge on any atom is 0.0136 e. The first-order valence-corrected chi connectivity index (χ1v) is 4.78. The van der Waals surface area contributed by atoms with Crippen LogP contribution in [0.1, 0.15) is 40.5 Å². The largest absolute Gasteiger partial charge is 0.293 e. The van der Waals surface area contributed by atoms with Gasteiger partial charge in [0, 0.05) is 17.6 Å². The Hall–Kier alpha value is -0.0400. The number of fused-ring (bicyclic) bond motifs is 1. The van der Waals surface area contributed by atoms with Crippen molar-refractivity contribution in [2.75, 3.05) is 0 Å². The number of likely N-dealkylation sites (tertiary alicyclic amines) is 1. The average molecular weight is 153 g/mol. The molecule has 1 aliphatic heterocycles. The zero-order chi connectivity index (χ0) is 8.22. The first-order valence-electron chi connectivity index (χ1n) is 4.78. The highest BCUT2D eigenvalue weighted by Crippen LogP contribution is 2.50. The lowest BCUT2D eigenvalue weighted by Gasteiger charge is -2.37. The summed E-state index contributed by atoms with van der Waals surface area (Å²) in [4.78, 5) is 2.71. The molecule has 1 saturated carbocycles. The molecule has 0 radical (unpaired) electrons. The van der Waals surface area contributed by atoms with Crippen LogP contribution < -0.4 is 0 Å². The van der Waals surface area contributed by atoms with Crippen molar-refractivity contribution < 1.29 is 0 Å². The van der Waals surface area contributed by atoms with Crippen molar-refractivity contribution in [2.24, 2.45) is 5.92 Å². The molecule has 0 bridgehead atoms. The molecule has 2 aliphatic rings. The molecule has 1 heterocycles. The van der Waals surface area contributed by atoms with Gasteiger partial charge in [-0.1, -0.05) is 0 Å². The first kappa shape index (κ1) is 7.60. The fourth-order valence-electron chi connectivity index (χ4n) is 2.86. The molecule has 0 unspecified atom stereocenters. The van der Waals surface area contributed by atoms with Gasteiger partial charge >= 0.3 is 0 Å². The molecule has 11 heavy (non-hydrogen) atoms. The summed E-state index contributed by atoms with van der Waals surface area (Å²) in [7, 11) is 0. The van der Waals surface area contributed by atoms with Crippen LogP contribution in [-0.4, -0.2) is 22.5 Å². The van der Waals surface area contributed by atoms with E-state index in [-0.39, 0.29) is 0 Å². The molecule has 1 heteroatoms. The van der Waals surface area contributed by atoms with Gasteiger partial charge in [-0.05, 0) is 46.5 Å². The van der Waals surface area contributed by atoms with Crippen molar-refractivity contribution in [3.63, 3.8) is 0 Å². The van der Waals surface area contributed by atoms with Crippen LogP contribution in [0.25, 0.3) is 0 Å². The van der Waals surface area contributed by atoms with Crippen molar-refractivity contribution >= 4 is 0 Å². The van der Waals surface area contributed by atoms with Gasteiger partial charge in [-0.2, -0.15) is 0 Å². The smallest absolute Gasteiger partial charge is 0.0136 e. The van der Waals surface area contributed by atoms with Crippen LogP contribution in [0, 0.1) is 5.92 Å². The van der Waals surface area contributed by atoms with Gasteiger partial charge in [-0.25, -0.2) is 0 Å². The van der Waals surface area contributed by atoms with E-state index in [9.17, 15) is 0 Å². The molecule has 2 fully saturated rings. The molecule has 0 N–H and O–H groups in total. The maximum absolute atomic E-state index is 2.71. The van der Waals surface area contributed by atoms with Crippen LogP contribution in [0.2, 0.25) is 0 Å². The topological polar surface area (TPSA) is 3.24 Å². The van der Waals surface area contributed by atoms with Crippen LogP contribution in [0.3, 0.4) is 0 Å². The minimum atomic E-state index is 0.398. The maximum atomic E-state index is 2.71. The molecule has 2 rings (SSSR count). The highest BCUT2D eigenvalue weighted by atomic mass is 15.3. The number of piperidine rings is 1. The number of rotatable bonds is 0. The monoisotopic (exact) mass is 153 g/mol. The summed E-state index contributed by atoms with van der Waals surface area (Å²) in [6.45, 7) is 9.38. The lowest BCUT2D eigenvalue weighted by Crippen LogP contribution is -2.45. The quantitative estimate of drug-likeness (QED) is 0.516. The third-order valence-electron chi connectivity index (χ3n) is 3.14. The second-order valence-electron chi connectivity index (χ2n) is 5.23. The highest BCUT2D eigenvalue weighted by molar-refractivity contribution is 5.07. The summed E-state index contributed by atoms with van der Waals surface area (Å²) in [6, 6.07) is 1.78. The van der Waals surface area contributed by atoms with Gasteiger partial charge in [-0.15, -0.1) is 0 Å². The van der Waals surface area contributed by atoms with Crippen LogP contribution in [0.4, 0.5) is 0 Å². The van der Waals surface area contributed by atoms with Gasteiger partial charge in [0.1, 0.15) is 0 Å². The molecule has 1 aliphatic carbocycles. The summed E-state index contributed by atoms with van der Waals surface area (Å²) < 4.78 is 0. The molecule has 0 amide bonds. The zero-order valence-corrected chi connectivity index (χ0v) is 8.09. The van der Waals surface area contributed by atoms with E-state index in [2.05, 4.69) is 32.6 Å². The van der Waals surface area contributed by atoms with Crippen molar-refractivity contribution in [3.8, 4) is 0 Å². The van der Waals surface area contributed by atoms with Crippen molar-refractivity contribution in [1.82, 2.24) is 4.90 Å². The Kier molecular flexibility index (Phi) is 1.39. The second-order valence-corrected chi connectivity index (χ2v) is 5.23. The zero-order valence-electron chi connectivity index (χ0n) is 8.09. The van der Waals surface area contributed by atoms with Crippen molar-refractivity contribution in [1.29, 1.82) is 0 Å². The van der Waals surface area contributed by atoms with Gasteiger partial charge in [0.2, 0.25) is 0 Å². The predicted molar refractivity (Wildman–Crippen MR) is 47.6 cm³/mol. The fourth-order valence-corrected chi connectivity index (χ4v) is 2.86. The van der Waals surface area contributed by atoms with Crippen LogP contribution in [0.5, 0.6) is 0 Å². The molecule has 64 valence electrons. The Morgan fingerprint density at radius 3 is 2.09 bits per heavy atom. The van der Waals surface area contributed by atoms with Gasteiger partial charge in [0.15, 0.2) is 0 Å². The summed E-state index contributed by atoms with van der Waals surface area (Å²) in [5.41, 5.74) is 0.398. The molecule has 1 saturated heterocycles. The summed E-state index contributed by atoms with van der Waals surface area (Å²) in [5.74, 6) is 1.06. The SMILES string of the molecule is C[C@@H]1C[C@H]2C[C@H]2N1C(C)(C)C. The number of hydrogen-bond acceptors (Lipinski definition) is 1. The average Bonchev–Trinajstić information content (AvgIpc) is 2.38. The van der Waals surface area contributed by atoms with Crippen molar-refractivity contribution in [2.45, 2.75) is 58.2 Å². The van der Waals surface area contributed by atoms with Crippen LogP contribution in [-0.2, 0) is 0 Å². The lowest BCUT2D eigenvalue weighted by atomic mass is 10.0. The molecular weight excluding hydrogens is 134 g/mol. The van der Waals surface area contributed by atoms with Gasteiger partial charge in [0.05, 0.1) is 0 Å². The van der Waals surface area contributed by atoms with E-state index in [0.29, 0.717) is 5.54 Å². The van der Waals surface area contributed by atoms with E-state index >= 15 is 0 Å². The lowest BCUT2D eigenvalue weighted by molar-refractivity contribution is 0.105. The number of nitrogens with zero attached hydrogens (tertiary/aromatic N) is 1. The molecule has 1 nitrogen and oxygen atoms in total. The Balaban J connectivity index is 2.12. The van der Waals surface area contributed by atoms with E-state index in [1.807, 2.05) is 0 Å². The minimum Gasteiger partial charge on any atom is -0.293 e. The van der Waals surface area contributed by atoms with Gasteiger partial charge < -0.3 is 0 Å². The Morgan fingerprint density at radius 1 is 1.18 bits per heavy atom. The third kappa shape index (κ3) is 1.10. The summed E-state index contributed by atoms with van der Waals surface area (Å²) in [5, 5.41) is 0. The summed E-state index contributed by atoms with van der Waals surface area (Å²) >= 11 is 0. The van der Waals surface area contributed by atoms with Crippen molar-refractivity contribution in [3.05, 3.63) is 0 Å². The molecule has 0 aromatic heterocycles. The number of hydrogen-bond donors (Lipinski definition) is 0. The first-order chi connectivity index (χ1) is 5.00. The standard InChI is InChI=1S/C10H19N/c1-7-5-8-6-9(8)11(7)10(2,3)4/h7-9H,5-6H2,1-4H3/t7-,8+,9-/m1/s1. The molecular formula is C10H19N. The summed E-state index contributed by atoms with van der Waals surface area (Å²) in [6.07, 6.45) is 2.92.